The molecule has 0 aliphatic carbocycles. The Balaban J connectivity index is 0. The molecule has 0 spiro atoms. The van der Waals surface area contributed by atoms with Gasteiger partial charge in [-0.3, -0.25) is 0 Å². The van der Waals surface area contributed by atoms with Gasteiger partial charge in [-0.05, 0) is 6.92 Å². The predicted octanol–water partition coefficient (Wildman–Crippen LogP) is 1.10. The molecule has 82 valence electrons. The quantitative estimate of drug-likeness (QED) is 0.422. The predicted molar refractivity (Wildman–Crippen MR) is 52.9 cm³/mol. The first-order valence-corrected chi connectivity index (χ1v) is 3.75. The third-order valence-corrected chi connectivity index (χ3v) is 1.10. The zero-order valence-corrected chi connectivity index (χ0v) is 7.75. The molecule has 0 atom stereocenters. The van der Waals surface area contributed by atoms with E-state index in [-0.39, 0.29) is 20.6 Å². The van der Waals surface area contributed by atoms with E-state index in [0.717, 1.165) is 0 Å². The van der Waals surface area contributed by atoms with Gasteiger partial charge in [0.1, 0.15) is 13.2 Å². The van der Waals surface area contributed by atoms with Crippen LogP contribution in [0.3, 0.4) is 0 Å². The van der Waals surface area contributed by atoms with Crippen molar-refractivity contribution in [1.29, 1.82) is 0 Å². The lowest BCUT2D eigenvalue weighted by molar-refractivity contribution is -0.139. The number of carbonyl (C=O) groups excluding carboxylic acids is 2. The molecule has 0 aromatic rings. The molecule has 1 amide bonds. The summed E-state index contributed by atoms with van der Waals surface area (Å²) in [6, 6.07) is 0. The highest BCUT2D eigenvalue weighted by Gasteiger charge is 2.03. The molecule has 0 rings (SSSR count). The van der Waals surface area contributed by atoms with Crippen LogP contribution in [0.2, 0.25) is 0 Å². The van der Waals surface area contributed by atoms with Crippen molar-refractivity contribution < 1.29 is 19.1 Å². The molecule has 0 bridgehead atoms. The van der Waals surface area contributed by atoms with E-state index in [2.05, 4.69) is 21.4 Å². The Morgan fingerprint density at radius 1 is 1.29 bits per heavy atom. The topological polar surface area (TPSA) is 64.6 Å². The molecule has 5 heteroatoms. The smallest absolute Gasteiger partial charge is 0.406 e. The second-order valence-corrected chi connectivity index (χ2v) is 2.30. The van der Waals surface area contributed by atoms with Crippen molar-refractivity contribution >= 4 is 12.1 Å². The van der Waals surface area contributed by atoms with Crippen molar-refractivity contribution in [2.75, 3.05) is 20.3 Å². The van der Waals surface area contributed by atoms with Crippen LogP contribution in [0.4, 0.5) is 4.79 Å². The highest BCUT2D eigenvalue weighted by Crippen LogP contribution is 1.91. The second-order valence-electron chi connectivity index (χ2n) is 2.30. The number of nitrogens with one attached hydrogen (secondary N) is 1. The monoisotopic (exact) mass is 203 g/mol. The minimum Gasteiger partial charge on any atom is -0.459 e. The van der Waals surface area contributed by atoms with E-state index in [1.165, 1.54) is 7.05 Å². The van der Waals surface area contributed by atoms with Crippen LogP contribution in [0, 0.1) is 0 Å². The summed E-state index contributed by atoms with van der Waals surface area (Å²) >= 11 is 0. The van der Waals surface area contributed by atoms with Crippen LogP contribution in [0.1, 0.15) is 14.4 Å². The number of amides is 1. The highest BCUT2D eigenvalue weighted by molar-refractivity contribution is 5.86. The molecular weight excluding hydrogens is 186 g/mol. The van der Waals surface area contributed by atoms with E-state index in [1.54, 1.807) is 6.92 Å². The number of hydrogen-bond acceptors (Lipinski definition) is 4. The van der Waals surface area contributed by atoms with Gasteiger partial charge >= 0.3 is 12.1 Å². The molecule has 0 saturated heterocycles. The number of rotatable bonds is 4. The number of alkyl carbamates (subject to hydrolysis) is 1. The molecule has 5 nitrogen and oxygen atoms in total. The average molecular weight is 203 g/mol. The number of esters is 1. The maximum Gasteiger partial charge on any atom is 0.406 e. The van der Waals surface area contributed by atoms with E-state index in [0.29, 0.717) is 5.57 Å². The fourth-order valence-electron chi connectivity index (χ4n) is 0.464. The van der Waals surface area contributed by atoms with Crippen molar-refractivity contribution in [3.05, 3.63) is 12.2 Å². The fraction of sp³-hybridized carbons (Fsp3) is 0.556. The molecule has 1 N–H and O–H groups in total. The second kappa shape index (κ2) is 8.10. The van der Waals surface area contributed by atoms with Crippen LogP contribution >= 0.6 is 0 Å². The van der Waals surface area contributed by atoms with E-state index >= 15 is 0 Å². The van der Waals surface area contributed by atoms with Gasteiger partial charge in [0.2, 0.25) is 0 Å². The lowest BCUT2D eigenvalue weighted by atomic mass is 10.4. The standard InChI is InChI=1S/C8H13NO4.CH4/c1-6(2)7(10)12-4-5-13-8(11)9-3;/h1,4-5H2,2-3H3,(H,9,11);1H4. The molecule has 0 aliphatic heterocycles. The third-order valence-electron chi connectivity index (χ3n) is 1.10. The summed E-state index contributed by atoms with van der Waals surface area (Å²) in [6.07, 6.45) is -0.550. The largest absolute Gasteiger partial charge is 0.459 e. The zero-order chi connectivity index (χ0) is 10.3. The summed E-state index contributed by atoms with van der Waals surface area (Å²) < 4.78 is 9.22. The number of carbonyl (C=O) groups is 2. The summed E-state index contributed by atoms with van der Waals surface area (Å²) in [5.41, 5.74) is 0.319. The first-order valence-electron chi connectivity index (χ1n) is 3.75. The van der Waals surface area contributed by atoms with Gasteiger partial charge in [0.05, 0.1) is 0 Å². The lowest BCUT2D eigenvalue weighted by Crippen LogP contribution is -2.22. The Morgan fingerprint density at radius 3 is 2.21 bits per heavy atom. The summed E-state index contributed by atoms with van der Waals surface area (Å²) in [5.74, 6) is -0.486. The van der Waals surface area contributed by atoms with Crippen LogP contribution < -0.4 is 5.32 Å². The van der Waals surface area contributed by atoms with Crippen molar-refractivity contribution in [3.8, 4) is 0 Å². The summed E-state index contributed by atoms with van der Waals surface area (Å²) in [4.78, 5) is 21.3. The maximum atomic E-state index is 10.8. The molecule has 0 aliphatic rings. The van der Waals surface area contributed by atoms with E-state index in [4.69, 9.17) is 0 Å². The van der Waals surface area contributed by atoms with Crippen molar-refractivity contribution in [3.63, 3.8) is 0 Å². The van der Waals surface area contributed by atoms with Gasteiger partial charge in [-0.15, -0.1) is 0 Å². The first-order chi connectivity index (χ1) is 6.07. The Bertz CT molecular complexity index is 213. The van der Waals surface area contributed by atoms with Gasteiger partial charge in [-0.25, -0.2) is 9.59 Å². The van der Waals surface area contributed by atoms with Gasteiger partial charge < -0.3 is 14.8 Å². The van der Waals surface area contributed by atoms with Crippen molar-refractivity contribution in [2.45, 2.75) is 14.4 Å². The Morgan fingerprint density at radius 2 is 1.79 bits per heavy atom. The molecule has 0 saturated carbocycles. The normalized spacial score (nSPS) is 8.14. The molecule has 0 aromatic carbocycles. The van der Waals surface area contributed by atoms with Crippen LogP contribution in [-0.2, 0) is 14.3 Å². The van der Waals surface area contributed by atoms with Gasteiger partial charge in [0, 0.05) is 12.6 Å². The molecule has 0 fully saturated rings. The molecule has 0 heterocycles. The summed E-state index contributed by atoms with van der Waals surface area (Å²) in [6.45, 7) is 5.02. The molecule has 0 aromatic heterocycles. The van der Waals surface area contributed by atoms with Crippen LogP contribution in [0.5, 0.6) is 0 Å². The number of ether oxygens (including phenoxy) is 2. The zero-order valence-electron chi connectivity index (χ0n) is 7.75. The molecule has 0 unspecified atom stereocenters. The van der Waals surface area contributed by atoms with Gasteiger partial charge in [0.15, 0.2) is 0 Å². The van der Waals surface area contributed by atoms with Crippen LogP contribution in [0.15, 0.2) is 12.2 Å². The van der Waals surface area contributed by atoms with E-state index in [9.17, 15) is 9.59 Å². The van der Waals surface area contributed by atoms with Crippen molar-refractivity contribution in [2.24, 2.45) is 0 Å². The fourth-order valence-corrected chi connectivity index (χ4v) is 0.464. The lowest BCUT2D eigenvalue weighted by Gasteiger charge is -2.04. The third kappa shape index (κ3) is 7.15. The van der Waals surface area contributed by atoms with Gasteiger partial charge in [-0.1, -0.05) is 14.0 Å². The van der Waals surface area contributed by atoms with Gasteiger partial charge in [-0.2, -0.15) is 0 Å². The van der Waals surface area contributed by atoms with E-state index < -0.39 is 12.1 Å². The first kappa shape index (κ1) is 15.0. The summed E-state index contributed by atoms with van der Waals surface area (Å²) in [7, 11) is 1.45. The van der Waals surface area contributed by atoms with Gasteiger partial charge in [0.25, 0.3) is 0 Å². The van der Waals surface area contributed by atoms with Crippen LogP contribution in [-0.4, -0.2) is 32.3 Å². The summed E-state index contributed by atoms with van der Waals surface area (Å²) in [5, 5.41) is 2.26. The molecule has 14 heavy (non-hydrogen) atoms. The van der Waals surface area contributed by atoms with Crippen LogP contribution in [0.25, 0.3) is 0 Å². The minimum absolute atomic E-state index is 0. The van der Waals surface area contributed by atoms with E-state index in [1.807, 2.05) is 0 Å². The van der Waals surface area contributed by atoms with Crippen molar-refractivity contribution in [1.82, 2.24) is 5.32 Å². The molecular formula is C9H17NO4. The SMILES string of the molecule is C.C=C(C)C(=O)OCCOC(=O)NC. The Labute approximate surface area is 84.1 Å². The Hall–Kier alpha value is -1.52. The molecule has 0 radical (unpaired) electrons. The minimum atomic E-state index is -0.550. The Kier molecular flexibility index (Phi) is 8.66. The maximum absolute atomic E-state index is 10.8. The average Bonchev–Trinajstić information content (AvgIpc) is 2.11. The highest BCUT2D eigenvalue weighted by atomic mass is 16.6. The number of hydrogen-bond donors (Lipinski definition) is 1.